The molecule has 3 N–H and O–H groups in total. The summed E-state index contributed by atoms with van der Waals surface area (Å²) >= 11 is 11.9. The first-order valence-corrected chi connectivity index (χ1v) is 9.31. The molecule has 1 amide bonds. The molecule has 150 valence electrons. The first-order valence-electron chi connectivity index (χ1n) is 8.55. The molecule has 1 aliphatic carbocycles. The van der Waals surface area contributed by atoms with Crippen LogP contribution >= 0.6 is 23.2 Å². The molecule has 1 aromatic carbocycles. The van der Waals surface area contributed by atoms with Crippen molar-refractivity contribution in [3.8, 4) is 5.75 Å². The Hall–Kier alpha value is -1.80. The van der Waals surface area contributed by atoms with Crippen molar-refractivity contribution in [2.75, 3.05) is 13.6 Å². The van der Waals surface area contributed by atoms with Crippen molar-refractivity contribution in [2.24, 2.45) is 4.99 Å². The van der Waals surface area contributed by atoms with E-state index in [1.54, 1.807) is 7.05 Å². The number of rotatable bonds is 9. The molecule has 0 aliphatic heterocycles. The van der Waals surface area contributed by atoms with E-state index < -0.39 is 6.61 Å². The molecule has 0 spiro atoms. The zero-order chi connectivity index (χ0) is 19.8. The van der Waals surface area contributed by atoms with Gasteiger partial charge in [0.1, 0.15) is 5.75 Å². The predicted molar refractivity (Wildman–Crippen MR) is 102 cm³/mol. The molecule has 0 atom stereocenters. The minimum Gasteiger partial charge on any atom is -0.433 e. The molecule has 27 heavy (non-hydrogen) atoms. The Morgan fingerprint density at radius 3 is 2.70 bits per heavy atom. The van der Waals surface area contributed by atoms with Crippen LogP contribution in [-0.2, 0) is 11.3 Å². The number of ether oxygens (including phenoxy) is 1. The topological polar surface area (TPSA) is 74.8 Å². The Kier molecular flexibility index (Phi) is 8.37. The number of aliphatic imine (C=N–C) groups is 1. The Morgan fingerprint density at radius 2 is 2.07 bits per heavy atom. The number of amides is 1. The maximum Gasteiger partial charge on any atom is 0.387 e. The molecule has 0 heterocycles. The molecule has 0 aromatic heterocycles. The number of hydrogen-bond acceptors (Lipinski definition) is 3. The van der Waals surface area contributed by atoms with Gasteiger partial charge >= 0.3 is 6.61 Å². The molecule has 0 radical (unpaired) electrons. The van der Waals surface area contributed by atoms with Crippen LogP contribution in [0.15, 0.2) is 17.1 Å². The second kappa shape index (κ2) is 10.5. The van der Waals surface area contributed by atoms with Crippen LogP contribution in [0.2, 0.25) is 10.0 Å². The van der Waals surface area contributed by atoms with Crippen LogP contribution in [0.25, 0.3) is 0 Å². The fourth-order valence-corrected chi connectivity index (χ4v) is 2.93. The number of nitrogens with zero attached hydrogens (tertiary/aromatic N) is 1. The lowest BCUT2D eigenvalue weighted by atomic mass is 10.2. The summed E-state index contributed by atoms with van der Waals surface area (Å²) in [5.41, 5.74) is 0.375. The van der Waals surface area contributed by atoms with Gasteiger partial charge in [-0.1, -0.05) is 23.2 Å². The summed E-state index contributed by atoms with van der Waals surface area (Å²) in [6, 6.07) is 3.19. The van der Waals surface area contributed by atoms with Crippen molar-refractivity contribution in [2.45, 2.75) is 44.9 Å². The molecule has 1 saturated carbocycles. The average Bonchev–Trinajstić information content (AvgIpc) is 3.40. The second-order valence-electron chi connectivity index (χ2n) is 6.05. The van der Waals surface area contributed by atoms with Crippen molar-refractivity contribution in [3.63, 3.8) is 0 Å². The van der Waals surface area contributed by atoms with E-state index in [0.717, 1.165) is 12.8 Å². The van der Waals surface area contributed by atoms with Crippen molar-refractivity contribution < 1.29 is 18.3 Å². The summed E-state index contributed by atoms with van der Waals surface area (Å²) in [4.78, 5) is 15.7. The third-order valence-corrected chi connectivity index (χ3v) is 4.28. The second-order valence-corrected chi connectivity index (χ2v) is 6.90. The van der Waals surface area contributed by atoms with Gasteiger partial charge in [0, 0.05) is 43.2 Å². The SMILES string of the molecule is CN=C(NCCCC(=O)NC1CC1)NCc1cc(Cl)cc(Cl)c1OC(F)F. The molecule has 0 saturated heterocycles. The highest BCUT2D eigenvalue weighted by atomic mass is 35.5. The van der Waals surface area contributed by atoms with Gasteiger partial charge in [-0.2, -0.15) is 8.78 Å². The maximum atomic E-state index is 12.6. The van der Waals surface area contributed by atoms with E-state index >= 15 is 0 Å². The van der Waals surface area contributed by atoms with E-state index in [1.165, 1.54) is 12.1 Å². The number of carbonyl (C=O) groups is 1. The van der Waals surface area contributed by atoms with Gasteiger partial charge in [-0.15, -0.1) is 0 Å². The van der Waals surface area contributed by atoms with Gasteiger partial charge in [-0.25, -0.2) is 0 Å². The molecule has 6 nitrogen and oxygen atoms in total. The van der Waals surface area contributed by atoms with Gasteiger partial charge in [-0.05, 0) is 31.4 Å². The van der Waals surface area contributed by atoms with Gasteiger partial charge in [0.05, 0.1) is 5.02 Å². The van der Waals surface area contributed by atoms with Crippen LogP contribution in [0.4, 0.5) is 8.78 Å². The highest BCUT2D eigenvalue weighted by Gasteiger charge is 2.22. The maximum absolute atomic E-state index is 12.6. The zero-order valence-electron chi connectivity index (χ0n) is 14.8. The number of nitrogens with one attached hydrogen (secondary N) is 3. The summed E-state index contributed by atoms with van der Waals surface area (Å²) < 4.78 is 29.7. The Balaban J connectivity index is 1.81. The highest BCUT2D eigenvalue weighted by molar-refractivity contribution is 6.35. The fourth-order valence-electron chi connectivity index (χ4n) is 2.35. The van der Waals surface area contributed by atoms with Gasteiger partial charge < -0.3 is 20.7 Å². The monoisotopic (exact) mass is 422 g/mol. The van der Waals surface area contributed by atoms with E-state index in [0.29, 0.717) is 42.0 Å². The number of alkyl halides is 2. The highest BCUT2D eigenvalue weighted by Crippen LogP contribution is 2.33. The van der Waals surface area contributed by atoms with Crippen LogP contribution in [-0.4, -0.2) is 38.1 Å². The lowest BCUT2D eigenvalue weighted by molar-refractivity contribution is -0.121. The molecule has 1 aliphatic rings. The number of hydrogen-bond donors (Lipinski definition) is 3. The van der Waals surface area contributed by atoms with Crippen LogP contribution in [0.5, 0.6) is 5.75 Å². The summed E-state index contributed by atoms with van der Waals surface area (Å²) in [5.74, 6) is 0.372. The third kappa shape index (κ3) is 7.76. The smallest absolute Gasteiger partial charge is 0.387 e. The van der Waals surface area contributed by atoms with E-state index in [2.05, 4.69) is 25.7 Å². The summed E-state index contributed by atoms with van der Waals surface area (Å²) in [5, 5.41) is 9.27. The van der Waals surface area contributed by atoms with Crippen molar-refractivity contribution in [1.29, 1.82) is 0 Å². The number of guanidine groups is 1. The lowest BCUT2D eigenvalue weighted by Crippen LogP contribution is -2.37. The first kappa shape index (κ1) is 21.5. The van der Waals surface area contributed by atoms with Crippen LogP contribution in [0.1, 0.15) is 31.2 Å². The molecule has 10 heteroatoms. The Morgan fingerprint density at radius 1 is 1.33 bits per heavy atom. The summed E-state index contributed by atoms with van der Waals surface area (Å²) in [6.07, 6.45) is 3.19. The van der Waals surface area contributed by atoms with Crippen LogP contribution in [0, 0.1) is 0 Å². The van der Waals surface area contributed by atoms with Gasteiger partial charge in [0.2, 0.25) is 5.91 Å². The largest absolute Gasteiger partial charge is 0.433 e. The van der Waals surface area contributed by atoms with Gasteiger partial charge in [0.25, 0.3) is 0 Å². The Bertz CT molecular complexity index is 685. The van der Waals surface area contributed by atoms with E-state index in [-0.39, 0.29) is 23.2 Å². The molecule has 2 rings (SSSR count). The minimum atomic E-state index is -3.00. The first-order chi connectivity index (χ1) is 12.9. The van der Waals surface area contributed by atoms with Crippen molar-refractivity contribution in [1.82, 2.24) is 16.0 Å². The normalized spacial score (nSPS) is 14.2. The standard InChI is InChI=1S/C17H22Cl2F2N4O2/c1-22-17(23-6-2-3-14(26)25-12-4-5-12)24-9-10-7-11(18)8-13(19)15(10)27-16(20)21/h7-8,12,16H,2-6,9H2,1H3,(H,25,26)(H2,22,23,24). The molecule has 1 aromatic rings. The molecule has 1 fully saturated rings. The Labute approximate surface area is 166 Å². The van der Waals surface area contributed by atoms with Crippen molar-refractivity contribution >= 4 is 35.1 Å². The average molecular weight is 423 g/mol. The minimum absolute atomic E-state index is 0.00391. The van der Waals surface area contributed by atoms with E-state index in [1.807, 2.05) is 0 Å². The molecular weight excluding hydrogens is 401 g/mol. The zero-order valence-corrected chi connectivity index (χ0v) is 16.3. The molecule has 0 bridgehead atoms. The number of carbonyl (C=O) groups excluding carboxylic acids is 1. The van der Waals surface area contributed by atoms with E-state index in [9.17, 15) is 13.6 Å². The van der Waals surface area contributed by atoms with E-state index in [4.69, 9.17) is 23.2 Å². The number of benzene rings is 1. The quantitative estimate of drug-likeness (QED) is 0.324. The van der Waals surface area contributed by atoms with Crippen molar-refractivity contribution in [3.05, 3.63) is 27.7 Å². The predicted octanol–water partition coefficient (Wildman–Crippen LogP) is 3.32. The summed E-state index contributed by atoms with van der Waals surface area (Å²) in [6.45, 7) is -2.33. The van der Waals surface area contributed by atoms with Gasteiger partial charge in [-0.3, -0.25) is 9.79 Å². The summed E-state index contributed by atoms with van der Waals surface area (Å²) in [7, 11) is 1.58. The van der Waals surface area contributed by atoms with Crippen LogP contribution < -0.4 is 20.7 Å². The van der Waals surface area contributed by atoms with Gasteiger partial charge in [0.15, 0.2) is 5.96 Å². The molecular formula is C17H22Cl2F2N4O2. The number of halogens is 4. The van der Waals surface area contributed by atoms with Crippen LogP contribution in [0.3, 0.4) is 0 Å². The lowest BCUT2D eigenvalue weighted by Gasteiger charge is -2.16. The third-order valence-electron chi connectivity index (χ3n) is 3.78. The molecule has 0 unspecified atom stereocenters. The fraction of sp³-hybridized carbons (Fsp3) is 0.529.